The first kappa shape index (κ1) is 18.0. The zero-order valence-corrected chi connectivity index (χ0v) is 15.6. The van der Waals surface area contributed by atoms with Gasteiger partial charge in [-0.1, -0.05) is 39.3 Å². The summed E-state index contributed by atoms with van der Waals surface area (Å²) < 4.78 is 0. The van der Waals surface area contributed by atoms with Crippen molar-refractivity contribution in [2.45, 2.75) is 58.5 Å². The fourth-order valence-corrected chi connectivity index (χ4v) is 4.29. The number of nitrogens with one attached hydrogen (secondary N) is 1. The van der Waals surface area contributed by atoms with Gasteiger partial charge in [-0.15, -0.1) is 0 Å². The molecule has 1 aliphatic heterocycles. The van der Waals surface area contributed by atoms with Crippen molar-refractivity contribution in [3.05, 3.63) is 47.2 Å². The number of hydrazine groups is 1. The van der Waals surface area contributed by atoms with Crippen molar-refractivity contribution in [3.63, 3.8) is 0 Å². The lowest BCUT2D eigenvalue weighted by Crippen LogP contribution is -2.47. The van der Waals surface area contributed by atoms with Crippen LogP contribution < -0.4 is 5.48 Å². The maximum Gasteiger partial charge on any atom is 0.274 e. The van der Waals surface area contributed by atoms with Gasteiger partial charge in [0.1, 0.15) is 0 Å². The zero-order chi connectivity index (χ0) is 18.2. The van der Waals surface area contributed by atoms with Crippen molar-refractivity contribution in [3.8, 4) is 0 Å². The molecule has 0 radical (unpaired) electrons. The molecule has 5 nitrogen and oxygen atoms in total. The second-order valence-corrected chi connectivity index (χ2v) is 8.25. The Morgan fingerprint density at radius 2 is 1.92 bits per heavy atom. The van der Waals surface area contributed by atoms with E-state index in [2.05, 4.69) is 44.0 Å². The van der Waals surface area contributed by atoms with Crippen molar-refractivity contribution in [2.24, 2.45) is 5.41 Å². The molecular weight excluding hydrogens is 314 g/mol. The van der Waals surface area contributed by atoms with Gasteiger partial charge in [-0.25, -0.2) is 10.5 Å². The lowest BCUT2D eigenvalue weighted by molar-refractivity contribution is -0.0579. The molecule has 3 rings (SSSR count). The summed E-state index contributed by atoms with van der Waals surface area (Å²) in [6.45, 7) is 6.79. The maximum absolute atomic E-state index is 11.6. The highest BCUT2D eigenvalue weighted by atomic mass is 16.5. The van der Waals surface area contributed by atoms with Crippen LogP contribution in [0.2, 0.25) is 0 Å². The summed E-state index contributed by atoms with van der Waals surface area (Å²) in [5.41, 5.74) is 4.92. The predicted molar refractivity (Wildman–Crippen MR) is 97.8 cm³/mol. The van der Waals surface area contributed by atoms with Gasteiger partial charge in [0.05, 0.1) is 12.1 Å². The van der Waals surface area contributed by atoms with Crippen LogP contribution in [0.5, 0.6) is 0 Å². The second kappa shape index (κ2) is 6.81. The van der Waals surface area contributed by atoms with Gasteiger partial charge in [0.15, 0.2) is 0 Å². The fourth-order valence-electron chi connectivity index (χ4n) is 4.29. The average Bonchev–Trinajstić information content (AvgIpc) is 2.90. The number of rotatable bonds is 3. The molecule has 2 unspecified atom stereocenters. The van der Waals surface area contributed by atoms with Gasteiger partial charge in [0, 0.05) is 18.8 Å². The number of carbonyl (C=O) groups is 1. The van der Waals surface area contributed by atoms with Crippen LogP contribution in [0.1, 0.15) is 68.4 Å². The van der Waals surface area contributed by atoms with Crippen LogP contribution in [-0.2, 0) is 0 Å². The molecule has 25 heavy (non-hydrogen) atoms. The number of hydrogen-bond acceptors (Lipinski definition) is 4. The molecule has 1 heterocycles. The van der Waals surface area contributed by atoms with Crippen LogP contribution in [0.25, 0.3) is 0 Å². The Balaban J connectivity index is 1.94. The van der Waals surface area contributed by atoms with E-state index in [1.807, 2.05) is 12.1 Å². The summed E-state index contributed by atoms with van der Waals surface area (Å²) in [6, 6.07) is 8.27. The molecule has 2 N–H and O–H groups in total. The molecule has 136 valence electrons. The minimum absolute atomic E-state index is 0.0375. The van der Waals surface area contributed by atoms with Crippen molar-refractivity contribution >= 4 is 5.91 Å². The van der Waals surface area contributed by atoms with E-state index >= 15 is 0 Å². The molecule has 0 spiro atoms. The SMILES string of the molecule is CN1C=C2CCCCC2N1C(c1ccc(C(=O)NO)cc1)C(C)(C)C. The Morgan fingerprint density at radius 1 is 1.24 bits per heavy atom. The molecule has 1 aromatic rings. The smallest absolute Gasteiger partial charge is 0.274 e. The quantitative estimate of drug-likeness (QED) is 0.646. The van der Waals surface area contributed by atoms with Crippen molar-refractivity contribution in [2.75, 3.05) is 7.05 Å². The first-order valence-corrected chi connectivity index (χ1v) is 9.09. The van der Waals surface area contributed by atoms with E-state index < -0.39 is 5.91 Å². The van der Waals surface area contributed by atoms with Crippen molar-refractivity contribution < 1.29 is 10.0 Å². The number of carbonyl (C=O) groups excluding carboxylic acids is 1. The number of nitrogens with zero attached hydrogens (tertiary/aromatic N) is 2. The Bertz CT molecular complexity index is 661. The van der Waals surface area contributed by atoms with E-state index in [1.165, 1.54) is 31.2 Å². The first-order valence-electron chi connectivity index (χ1n) is 9.09. The summed E-state index contributed by atoms with van der Waals surface area (Å²) in [6.07, 6.45) is 7.26. The first-order chi connectivity index (χ1) is 11.8. The van der Waals surface area contributed by atoms with Crippen LogP contribution in [0.4, 0.5) is 0 Å². The molecule has 0 aromatic heterocycles. The second-order valence-electron chi connectivity index (χ2n) is 8.25. The Kier molecular flexibility index (Phi) is 4.89. The number of benzene rings is 1. The van der Waals surface area contributed by atoms with Crippen molar-refractivity contribution in [1.29, 1.82) is 0 Å². The van der Waals surface area contributed by atoms with Gasteiger partial charge >= 0.3 is 0 Å². The number of fused-ring (bicyclic) bond motifs is 1. The fraction of sp³-hybridized carbons (Fsp3) is 0.550. The van der Waals surface area contributed by atoms with E-state index in [9.17, 15) is 4.79 Å². The molecule has 0 bridgehead atoms. The molecule has 1 fully saturated rings. The summed E-state index contributed by atoms with van der Waals surface area (Å²) in [4.78, 5) is 11.6. The molecule has 1 aliphatic carbocycles. The Hall–Kier alpha value is -1.85. The van der Waals surface area contributed by atoms with E-state index in [-0.39, 0.29) is 11.5 Å². The number of hydrogen-bond donors (Lipinski definition) is 2. The largest absolute Gasteiger partial charge is 0.315 e. The topological polar surface area (TPSA) is 55.8 Å². The molecule has 1 aromatic carbocycles. The Labute approximate surface area is 150 Å². The van der Waals surface area contributed by atoms with E-state index in [1.54, 1.807) is 23.2 Å². The minimum Gasteiger partial charge on any atom is -0.315 e. The standard InChI is InChI=1S/C20H29N3O2/c1-20(2,3)18(14-9-11-15(12-10-14)19(24)21-25)23-17-8-6-5-7-16(17)13-22(23)4/h9-13,17-18,25H,5-8H2,1-4H3,(H,21,24). The summed E-state index contributed by atoms with van der Waals surface area (Å²) >= 11 is 0. The van der Waals surface area contributed by atoms with Crippen LogP contribution in [-0.4, -0.2) is 34.2 Å². The highest BCUT2D eigenvalue weighted by Crippen LogP contribution is 2.45. The van der Waals surface area contributed by atoms with Crippen LogP contribution in [0.15, 0.2) is 36.0 Å². The van der Waals surface area contributed by atoms with Gasteiger partial charge in [-0.3, -0.25) is 10.0 Å². The monoisotopic (exact) mass is 343 g/mol. The molecule has 1 amide bonds. The summed E-state index contributed by atoms with van der Waals surface area (Å²) in [5.74, 6) is -0.478. The minimum atomic E-state index is -0.478. The third-order valence-corrected chi connectivity index (χ3v) is 5.33. The highest BCUT2D eigenvalue weighted by molar-refractivity contribution is 5.93. The lowest BCUT2D eigenvalue weighted by Gasteiger charge is -2.46. The average molecular weight is 343 g/mol. The Morgan fingerprint density at radius 3 is 2.52 bits per heavy atom. The maximum atomic E-state index is 11.6. The van der Waals surface area contributed by atoms with Gasteiger partial charge in [-0.2, -0.15) is 0 Å². The normalized spacial score (nSPS) is 22.4. The van der Waals surface area contributed by atoms with Crippen LogP contribution >= 0.6 is 0 Å². The molecule has 0 saturated heterocycles. The molecular formula is C20H29N3O2. The molecule has 2 aliphatic rings. The van der Waals surface area contributed by atoms with Gasteiger partial charge in [-0.05, 0) is 47.9 Å². The number of hydroxylamine groups is 1. The van der Waals surface area contributed by atoms with Crippen LogP contribution in [0.3, 0.4) is 0 Å². The molecule has 2 atom stereocenters. The van der Waals surface area contributed by atoms with E-state index in [0.717, 1.165) is 0 Å². The van der Waals surface area contributed by atoms with Gasteiger partial charge in [0.2, 0.25) is 0 Å². The van der Waals surface area contributed by atoms with Crippen LogP contribution in [0, 0.1) is 5.41 Å². The van der Waals surface area contributed by atoms with Gasteiger partial charge < -0.3 is 5.01 Å². The van der Waals surface area contributed by atoms with E-state index in [0.29, 0.717) is 11.6 Å². The summed E-state index contributed by atoms with van der Waals surface area (Å²) in [7, 11) is 2.14. The lowest BCUT2D eigenvalue weighted by atomic mass is 9.80. The van der Waals surface area contributed by atoms with Crippen molar-refractivity contribution in [1.82, 2.24) is 15.5 Å². The molecule has 1 saturated carbocycles. The third kappa shape index (κ3) is 3.44. The highest BCUT2D eigenvalue weighted by Gasteiger charge is 2.42. The number of amides is 1. The van der Waals surface area contributed by atoms with Gasteiger partial charge in [0.25, 0.3) is 5.91 Å². The van der Waals surface area contributed by atoms with E-state index in [4.69, 9.17) is 5.21 Å². The summed E-state index contributed by atoms with van der Waals surface area (Å²) in [5, 5.41) is 13.6. The predicted octanol–water partition coefficient (Wildman–Crippen LogP) is 3.88. The zero-order valence-electron chi connectivity index (χ0n) is 15.6. The molecule has 5 heteroatoms. The third-order valence-electron chi connectivity index (χ3n) is 5.33.